The molecule has 13 heteroatoms. The van der Waals surface area contributed by atoms with Gasteiger partial charge in [-0.3, -0.25) is 10.1 Å². The Morgan fingerprint density at radius 3 is 2.19 bits per heavy atom. The summed E-state index contributed by atoms with van der Waals surface area (Å²) in [7, 11) is -3.57. The van der Waals surface area contributed by atoms with E-state index in [1.165, 1.54) is 15.1 Å². The third-order valence-corrected chi connectivity index (χ3v) is 8.66. The second-order valence-electron chi connectivity index (χ2n) is 7.92. The molecule has 0 saturated carbocycles. The summed E-state index contributed by atoms with van der Waals surface area (Å²) in [4.78, 5) is 14.0. The van der Waals surface area contributed by atoms with Crippen LogP contribution in [0.3, 0.4) is 0 Å². The van der Waals surface area contributed by atoms with Gasteiger partial charge < -0.3 is 4.90 Å². The van der Waals surface area contributed by atoms with E-state index in [2.05, 4.69) is 15.5 Å². The Bertz CT molecular complexity index is 1470. The van der Waals surface area contributed by atoms with E-state index in [1.54, 1.807) is 42.5 Å². The molecule has 1 saturated heterocycles. The van der Waals surface area contributed by atoms with Crippen molar-refractivity contribution >= 4 is 33.2 Å². The molecule has 4 aromatic rings. The van der Waals surface area contributed by atoms with Crippen molar-refractivity contribution in [1.82, 2.24) is 24.5 Å². The van der Waals surface area contributed by atoms with Gasteiger partial charge in [-0.05, 0) is 58.6 Å². The number of nitrogens with zero attached hydrogens (tertiary/aromatic N) is 7. The Morgan fingerprint density at radius 1 is 0.861 bits per heavy atom. The second kappa shape index (κ2) is 10.0. The highest BCUT2D eigenvalue weighted by Crippen LogP contribution is 2.37. The van der Waals surface area contributed by atoms with Crippen molar-refractivity contribution < 1.29 is 13.3 Å². The first-order chi connectivity index (χ1) is 17.4. The molecule has 1 aromatic heterocycles. The van der Waals surface area contributed by atoms with Gasteiger partial charge in [0.05, 0.1) is 20.4 Å². The molecule has 0 spiro atoms. The molecule has 0 unspecified atom stereocenters. The normalized spacial score (nSPS) is 14.6. The standard InChI is InChI=1S/C23H21N7O4S2/c31-30(32)21-12-11-19(17-22(21)35-23-24-25-26-29(23)18-7-3-1-4-8-18)27-13-15-28(16-14-27)36(33,34)20-9-5-2-6-10-20/h1-12,17H,13-16H2. The number of hydrogen-bond acceptors (Lipinski definition) is 9. The Kier molecular flexibility index (Phi) is 6.67. The molecule has 0 radical (unpaired) electrons. The average molecular weight is 524 g/mol. The minimum absolute atomic E-state index is 0.0587. The van der Waals surface area contributed by atoms with Crippen LogP contribution in [0.25, 0.3) is 5.69 Å². The van der Waals surface area contributed by atoms with Gasteiger partial charge >= 0.3 is 0 Å². The number of nitro benzene ring substituents is 1. The minimum atomic E-state index is -3.57. The van der Waals surface area contributed by atoms with E-state index in [4.69, 9.17) is 0 Å². The van der Waals surface area contributed by atoms with Crippen LogP contribution in [0.2, 0.25) is 0 Å². The molecule has 0 atom stereocenters. The van der Waals surface area contributed by atoms with Gasteiger partial charge in [0.1, 0.15) is 0 Å². The molecule has 5 rings (SSSR count). The number of rotatable bonds is 7. The molecule has 1 fully saturated rings. The van der Waals surface area contributed by atoms with Crippen LogP contribution in [0.4, 0.5) is 11.4 Å². The molecule has 0 bridgehead atoms. The minimum Gasteiger partial charge on any atom is -0.369 e. The lowest BCUT2D eigenvalue weighted by Crippen LogP contribution is -2.48. The van der Waals surface area contributed by atoms with Crippen LogP contribution >= 0.6 is 11.8 Å². The van der Waals surface area contributed by atoms with Gasteiger partial charge in [-0.15, -0.1) is 5.10 Å². The average Bonchev–Trinajstić information content (AvgIpc) is 3.38. The number of benzene rings is 3. The summed E-state index contributed by atoms with van der Waals surface area (Å²) in [5.41, 5.74) is 1.44. The van der Waals surface area contributed by atoms with Crippen LogP contribution < -0.4 is 4.90 Å². The lowest BCUT2D eigenvalue weighted by atomic mass is 10.2. The molecule has 0 N–H and O–H groups in total. The highest BCUT2D eigenvalue weighted by molar-refractivity contribution is 7.99. The fourth-order valence-corrected chi connectivity index (χ4v) is 6.30. The van der Waals surface area contributed by atoms with Crippen molar-refractivity contribution in [2.24, 2.45) is 0 Å². The Labute approximate surface area is 211 Å². The van der Waals surface area contributed by atoms with Crippen molar-refractivity contribution in [3.63, 3.8) is 0 Å². The van der Waals surface area contributed by atoms with Crippen molar-refractivity contribution in [3.05, 3.63) is 89.0 Å². The highest BCUT2D eigenvalue weighted by atomic mass is 32.2. The van der Waals surface area contributed by atoms with Gasteiger partial charge in [0.25, 0.3) is 5.69 Å². The topological polar surface area (TPSA) is 127 Å². The van der Waals surface area contributed by atoms with Crippen molar-refractivity contribution in [2.75, 3.05) is 31.1 Å². The molecule has 3 aromatic carbocycles. The van der Waals surface area contributed by atoms with Gasteiger partial charge in [-0.25, -0.2) is 8.42 Å². The molecule has 1 aliphatic heterocycles. The number of hydrogen-bond donors (Lipinski definition) is 0. The van der Waals surface area contributed by atoms with E-state index in [1.807, 2.05) is 35.2 Å². The molecule has 184 valence electrons. The van der Waals surface area contributed by atoms with E-state index in [9.17, 15) is 18.5 Å². The predicted molar refractivity (Wildman–Crippen MR) is 134 cm³/mol. The number of piperazine rings is 1. The lowest BCUT2D eigenvalue weighted by Gasteiger charge is -2.35. The fourth-order valence-electron chi connectivity index (χ4n) is 3.93. The molecule has 11 nitrogen and oxygen atoms in total. The fraction of sp³-hybridized carbons (Fsp3) is 0.174. The summed E-state index contributed by atoms with van der Waals surface area (Å²) in [5.74, 6) is 0. The van der Waals surface area contributed by atoms with Gasteiger partial charge in [0, 0.05) is 37.9 Å². The maximum Gasteiger partial charge on any atom is 0.283 e. The molecular formula is C23H21N7O4S2. The first-order valence-corrected chi connectivity index (χ1v) is 13.3. The highest BCUT2D eigenvalue weighted by Gasteiger charge is 2.29. The number of aromatic nitrogens is 4. The summed E-state index contributed by atoms with van der Waals surface area (Å²) in [5, 5.41) is 23.9. The number of nitro groups is 1. The van der Waals surface area contributed by atoms with E-state index in [0.29, 0.717) is 36.2 Å². The maximum atomic E-state index is 12.9. The smallest absolute Gasteiger partial charge is 0.283 e. The summed E-state index contributed by atoms with van der Waals surface area (Å²) in [6.45, 7) is 1.53. The molecule has 2 heterocycles. The monoisotopic (exact) mass is 523 g/mol. The second-order valence-corrected chi connectivity index (χ2v) is 10.9. The van der Waals surface area contributed by atoms with Crippen LogP contribution in [-0.2, 0) is 10.0 Å². The lowest BCUT2D eigenvalue weighted by molar-refractivity contribution is -0.387. The number of para-hydroxylation sites is 1. The zero-order valence-corrected chi connectivity index (χ0v) is 20.5. The van der Waals surface area contributed by atoms with E-state index in [0.717, 1.165) is 23.1 Å². The van der Waals surface area contributed by atoms with Crippen molar-refractivity contribution in [2.45, 2.75) is 14.9 Å². The van der Waals surface area contributed by atoms with Crippen molar-refractivity contribution in [1.29, 1.82) is 0 Å². The number of tetrazole rings is 1. The predicted octanol–water partition coefficient (Wildman–Crippen LogP) is 3.23. The largest absolute Gasteiger partial charge is 0.369 e. The molecule has 1 aliphatic rings. The molecular weight excluding hydrogens is 502 g/mol. The van der Waals surface area contributed by atoms with Gasteiger partial charge in [-0.1, -0.05) is 36.4 Å². The van der Waals surface area contributed by atoms with E-state index >= 15 is 0 Å². The van der Waals surface area contributed by atoms with Gasteiger partial charge in [0.2, 0.25) is 15.2 Å². The summed E-state index contributed by atoms with van der Waals surface area (Å²) < 4.78 is 28.9. The van der Waals surface area contributed by atoms with Gasteiger partial charge in [-0.2, -0.15) is 8.99 Å². The van der Waals surface area contributed by atoms with Crippen LogP contribution in [0.1, 0.15) is 0 Å². The summed E-state index contributed by atoms with van der Waals surface area (Å²) in [6, 6.07) is 22.5. The van der Waals surface area contributed by atoms with Crippen molar-refractivity contribution in [3.8, 4) is 5.69 Å². The Hall–Kier alpha value is -3.81. The van der Waals surface area contributed by atoms with Crippen LogP contribution in [0, 0.1) is 10.1 Å². The summed E-state index contributed by atoms with van der Waals surface area (Å²) >= 11 is 1.10. The zero-order chi connectivity index (χ0) is 25.1. The van der Waals surface area contributed by atoms with Crippen LogP contribution in [0.5, 0.6) is 0 Å². The Balaban J connectivity index is 1.37. The maximum absolute atomic E-state index is 12.9. The first-order valence-electron chi connectivity index (χ1n) is 11.0. The Morgan fingerprint density at radius 2 is 1.53 bits per heavy atom. The number of sulfonamides is 1. The van der Waals surface area contributed by atoms with Crippen LogP contribution in [0.15, 0.2) is 93.8 Å². The van der Waals surface area contributed by atoms with E-state index < -0.39 is 14.9 Å². The molecule has 0 aliphatic carbocycles. The van der Waals surface area contributed by atoms with E-state index in [-0.39, 0.29) is 10.6 Å². The number of anilines is 1. The first kappa shape index (κ1) is 23.9. The molecule has 36 heavy (non-hydrogen) atoms. The van der Waals surface area contributed by atoms with Gasteiger partial charge in [0.15, 0.2) is 0 Å². The summed E-state index contributed by atoms with van der Waals surface area (Å²) in [6.07, 6.45) is 0. The molecule has 0 amide bonds. The quantitative estimate of drug-likeness (QED) is 0.265. The van der Waals surface area contributed by atoms with Crippen LogP contribution in [-0.4, -0.2) is 64.0 Å². The third kappa shape index (κ3) is 4.80. The SMILES string of the molecule is O=[N+]([O-])c1ccc(N2CCN(S(=O)(=O)c3ccccc3)CC2)cc1Sc1nnnn1-c1ccccc1. The zero-order valence-electron chi connectivity index (χ0n) is 18.9. The third-order valence-electron chi connectivity index (χ3n) is 5.77.